The fourth-order valence-corrected chi connectivity index (χ4v) is 2.14. The topological polar surface area (TPSA) is 34.1 Å². The highest BCUT2D eigenvalue weighted by Gasteiger charge is 2.64. The molecular formula is C9H8O2+2. The van der Waals surface area contributed by atoms with E-state index in [9.17, 15) is 9.59 Å². The summed E-state index contributed by atoms with van der Waals surface area (Å²) in [6.07, 6.45) is 8.32. The van der Waals surface area contributed by atoms with E-state index >= 15 is 0 Å². The molecular weight excluding hydrogens is 140 g/mol. The third-order valence-corrected chi connectivity index (χ3v) is 2.78. The van der Waals surface area contributed by atoms with E-state index in [1.165, 1.54) is 0 Å². The molecule has 54 valence electrons. The summed E-state index contributed by atoms with van der Waals surface area (Å²) < 4.78 is 0. The van der Waals surface area contributed by atoms with Gasteiger partial charge in [0.25, 0.3) is 5.57 Å². The second kappa shape index (κ2) is 1.94. The highest BCUT2D eigenvalue weighted by molar-refractivity contribution is 5.87. The van der Waals surface area contributed by atoms with Crippen molar-refractivity contribution in [3.8, 4) is 0 Å². The van der Waals surface area contributed by atoms with Gasteiger partial charge in [0.05, 0.1) is 12.0 Å². The maximum absolute atomic E-state index is 10.6. The molecule has 1 saturated carbocycles. The van der Waals surface area contributed by atoms with Crippen molar-refractivity contribution in [2.24, 2.45) is 11.3 Å². The molecule has 2 aliphatic rings. The van der Waals surface area contributed by atoms with Crippen LogP contribution in [0.2, 0.25) is 0 Å². The summed E-state index contributed by atoms with van der Waals surface area (Å²) >= 11 is 0. The molecule has 2 heteroatoms. The van der Waals surface area contributed by atoms with E-state index in [1.807, 2.05) is 18.6 Å². The summed E-state index contributed by atoms with van der Waals surface area (Å²) in [6, 6.07) is 0. The van der Waals surface area contributed by atoms with Crippen molar-refractivity contribution in [2.75, 3.05) is 0 Å². The molecule has 2 rings (SSSR count). The van der Waals surface area contributed by atoms with E-state index in [0.29, 0.717) is 11.5 Å². The van der Waals surface area contributed by atoms with E-state index in [-0.39, 0.29) is 0 Å². The fraction of sp³-hybridized carbons (Fsp3) is 0.556. The van der Waals surface area contributed by atoms with Crippen molar-refractivity contribution in [3.63, 3.8) is 0 Å². The van der Waals surface area contributed by atoms with Gasteiger partial charge in [-0.3, -0.25) is 0 Å². The van der Waals surface area contributed by atoms with Crippen LogP contribution in [0.4, 0.5) is 0 Å². The zero-order valence-corrected chi connectivity index (χ0v) is 6.09. The molecule has 0 aromatic rings. The van der Waals surface area contributed by atoms with Gasteiger partial charge in [0.1, 0.15) is 0 Å². The molecule has 0 amide bonds. The minimum Gasteiger partial charge on any atom is -0.0963 e. The lowest BCUT2D eigenvalue weighted by molar-refractivity contribution is 0.459. The average Bonchev–Trinajstić information content (AvgIpc) is 2.60. The van der Waals surface area contributed by atoms with Crippen LogP contribution in [0.15, 0.2) is 11.6 Å². The third-order valence-electron chi connectivity index (χ3n) is 2.78. The molecule has 0 radical (unpaired) electrons. The molecule has 2 bridgehead atoms. The zero-order chi connectivity index (χ0) is 7.90. The Labute approximate surface area is 65.3 Å². The second-order valence-corrected chi connectivity index (χ2v) is 3.37. The van der Waals surface area contributed by atoms with Gasteiger partial charge in [-0.05, 0) is 6.42 Å². The molecule has 0 aliphatic heterocycles. The van der Waals surface area contributed by atoms with Crippen molar-refractivity contribution in [1.29, 1.82) is 0 Å². The molecule has 2 aliphatic carbocycles. The van der Waals surface area contributed by atoms with E-state index in [0.717, 1.165) is 19.3 Å². The van der Waals surface area contributed by atoms with Gasteiger partial charge in [0, 0.05) is 17.6 Å². The lowest BCUT2D eigenvalue weighted by Gasteiger charge is -1.98. The first-order chi connectivity index (χ1) is 5.30. The lowest BCUT2D eigenvalue weighted by Crippen LogP contribution is -2.19. The number of allylic oxidation sites excluding steroid dienone is 2. The summed E-state index contributed by atoms with van der Waals surface area (Å²) in [5, 5.41) is 0. The minimum atomic E-state index is -0.549. The molecule has 0 aromatic carbocycles. The van der Waals surface area contributed by atoms with Crippen LogP contribution in [-0.2, 0) is 9.59 Å². The maximum atomic E-state index is 10.6. The Hall–Kier alpha value is -1.10. The summed E-state index contributed by atoms with van der Waals surface area (Å²) in [7, 11) is 0. The minimum absolute atomic E-state index is 0.438. The molecule has 1 fully saturated rings. The maximum Gasteiger partial charge on any atom is 0.523 e. The summed E-state index contributed by atoms with van der Waals surface area (Å²) in [5.74, 6) is 0.438. The van der Waals surface area contributed by atoms with E-state index in [2.05, 4.69) is 0 Å². The third kappa shape index (κ3) is 0.683. The Morgan fingerprint density at radius 3 is 2.82 bits per heavy atom. The van der Waals surface area contributed by atoms with Crippen molar-refractivity contribution in [3.05, 3.63) is 11.6 Å². The summed E-state index contributed by atoms with van der Waals surface area (Å²) in [4.78, 5) is 21.0. The van der Waals surface area contributed by atoms with Crippen molar-refractivity contribution in [1.82, 2.24) is 0 Å². The summed E-state index contributed by atoms with van der Waals surface area (Å²) in [5.41, 5.74) is -0.00405. The quantitative estimate of drug-likeness (QED) is 0.546. The van der Waals surface area contributed by atoms with Gasteiger partial charge >= 0.3 is 18.0 Å². The van der Waals surface area contributed by atoms with E-state index in [4.69, 9.17) is 0 Å². The van der Waals surface area contributed by atoms with Crippen LogP contribution in [0.1, 0.15) is 19.3 Å². The number of carbonyl (C=O) groups excluding carboxylic acids is 2. The first-order valence-electron chi connectivity index (χ1n) is 3.80. The van der Waals surface area contributed by atoms with Crippen molar-refractivity contribution < 1.29 is 9.59 Å². The Bertz CT molecular complexity index is 242. The van der Waals surface area contributed by atoms with Gasteiger partial charge in [-0.15, -0.1) is 0 Å². The Kier molecular flexibility index (Phi) is 1.17. The molecule has 0 spiro atoms. The lowest BCUT2D eigenvalue weighted by atomic mass is 9.83. The predicted molar refractivity (Wildman–Crippen MR) is 39.2 cm³/mol. The van der Waals surface area contributed by atoms with Crippen LogP contribution in [0, 0.1) is 11.3 Å². The summed E-state index contributed by atoms with van der Waals surface area (Å²) in [6.45, 7) is 0. The van der Waals surface area contributed by atoms with E-state index < -0.39 is 5.41 Å². The smallest absolute Gasteiger partial charge is 0.0963 e. The molecule has 2 nitrogen and oxygen atoms in total. The number of rotatable bonds is 2. The van der Waals surface area contributed by atoms with Crippen molar-refractivity contribution >= 4 is 12.6 Å². The first kappa shape index (κ1) is 6.60. The number of fused-ring (bicyclic) bond motifs is 2. The van der Waals surface area contributed by atoms with Gasteiger partial charge in [0.15, 0.2) is 0 Å². The van der Waals surface area contributed by atoms with Crippen LogP contribution < -0.4 is 0 Å². The SMILES string of the molecule is O=[C+]C1=CC2CCC1([C+]=O)C2. The monoisotopic (exact) mass is 148 g/mol. The number of hydrogen-bond donors (Lipinski definition) is 0. The first-order valence-corrected chi connectivity index (χ1v) is 3.80. The van der Waals surface area contributed by atoms with Gasteiger partial charge in [-0.2, -0.15) is 0 Å². The Morgan fingerprint density at radius 2 is 2.36 bits per heavy atom. The van der Waals surface area contributed by atoms with Crippen LogP contribution in [0.5, 0.6) is 0 Å². The van der Waals surface area contributed by atoms with Gasteiger partial charge in [-0.25, -0.2) is 0 Å². The highest BCUT2D eigenvalue weighted by Crippen LogP contribution is 2.51. The molecule has 0 aromatic heterocycles. The molecule has 2 unspecified atom stereocenters. The van der Waals surface area contributed by atoms with Gasteiger partial charge in [-0.1, -0.05) is 4.79 Å². The fourth-order valence-electron chi connectivity index (χ4n) is 2.14. The van der Waals surface area contributed by atoms with Crippen LogP contribution in [0.25, 0.3) is 0 Å². The van der Waals surface area contributed by atoms with Crippen LogP contribution in [-0.4, -0.2) is 12.6 Å². The second-order valence-electron chi connectivity index (χ2n) is 3.37. The highest BCUT2D eigenvalue weighted by atomic mass is 16.1. The van der Waals surface area contributed by atoms with Crippen LogP contribution in [0.3, 0.4) is 0 Å². The number of hydrogen-bond acceptors (Lipinski definition) is 2. The van der Waals surface area contributed by atoms with Crippen LogP contribution >= 0.6 is 0 Å². The molecule has 0 saturated heterocycles. The van der Waals surface area contributed by atoms with Crippen molar-refractivity contribution in [2.45, 2.75) is 19.3 Å². The van der Waals surface area contributed by atoms with E-state index in [1.54, 1.807) is 0 Å². The normalized spacial score (nSPS) is 39.6. The zero-order valence-electron chi connectivity index (χ0n) is 6.09. The van der Waals surface area contributed by atoms with Gasteiger partial charge < -0.3 is 0 Å². The Morgan fingerprint density at radius 1 is 1.55 bits per heavy atom. The van der Waals surface area contributed by atoms with Gasteiger partial charge in [0.2, 0.25) is 0 Å². The average molecular weight is 148 g/mol. The predicted octanol–water partition coefficient (Wildman–Crippen LogP) is 0.932. The molecule has 11 heavy (non-hydrogen) atoms. The molecule has 0 heterocycles. The molecule has 2 atom stereocenters. The molecule has 0 N–H and O–H groups in total. The largest absolute Gasteiger partial charge is 0.523 e. The standard InChI is InChI=1S/C9H8O2/c10-5-8-3-7-1-2-9(8,4-7)6-11/h3,7H,1-2,4H2/q+2. The Balaban J connectivity index is 2.41.